The maximum absolute atomic E-state index is 12.2. The molecule has 1 amide bonds. The van der Waals surface area contributed by atoms with E-state index in [1.807, 2.05) is 6.92 Å². The number of carbonyl (C=O) groups excluding carboxylic acids is 1. The van der Waals surface area contributed by atoms with Crippen molar-refractivity contribution in [2.75, 3.05) is 19.6 Å². The number of rotatable bonds is 4. The molecule has 2 atom stereocenters. The second-order valence-corrected chi connectivity index (χ2v) is 4.83. The summed E-state index contributed by atoms with van der Waals surface area (Å²) < 4.78 is 0. The Balaban J connectivity index is 2.01. The van der Waals surface area contributed by atoms with E-state index in [4.69, 9.17) is 5.11 Å². The molecule has 2 N–H and O–H groups in total. The number of hydrogen-bond acceptors (Lipinski definition) is 3. The van der Waals surface area contributed by atoms with Gasteiger partial charge < -0.3 is 15.3 Å². The van der Waals surface area contributed by atoms with Gasteiger partial charge in [-0.3, -0.25) is 9.59 Å². The van der Waals surface area contributed by atoms with Crippen molar-refractivity contribution in [3.8, 4) is 0 Å². The Bertz CT molecular complexity index is 302. The van der Waals surface area contributed by atoms with Crippen LogP contribution in [0.2, 0.25) is 0 Å². The molecule has 16 heavy (non-hydrogen) atoms. The normalized spacial score (nSPS) is 29.1. The van der Waals surface area contributed by atoms with Crippen LogP contribution in [0.5, 0.6) is 0 Å². The molecule has 0 aromatic carbocycles. The van der Waals surface area contributed by atoms with Gasteiger partial charge in [0.05, 0.1) is 5.92 Å². The molecule has 2 rings (SSSR count). The van der Waals surface area contributed by atoms with Crippen molar-refractivity contribution in [3.63, 3.8) is 0 Å². The third-order valence-corrected chi connectivity index (χ3v) is 3.41. The summed E-state index contributed by atoms with van der Waals surface area (Å²) in [5.74, 6) is -0.635. The number of aliphatic carboxylic acids is 1. The van der Waals surface area contributed by atoms with E-state index in [0.717, 1.165) is 19.4 Å². The number of carboxylic acid groups (broad SMARTS) is 1. The quantitative estimate of drug-likeness (QED) is 0.703. The topological polar surface area (TPSA) is 69.6 Å². The maximum Gasteiger partial charge on any atom is 0.323 e. The molecule has 2 aliphatic rings. The minimum absolute atomic E-state index is 0.0161. The minimum Gasteiger partial charge on any atom is -0.480 e. The van der Waals surface area contributed by atoms with E-state index >= 15 is 0 Å². The van der Waals surface area contributed by atoms with Gasteiger partial charge in [-0.2, -0.15) is 0 Å². The first kappa shape index (κ1) is 11.4. The molecule has 0 aromatic rings. The van der Waals surface area contributed by atoms with Crippen molar-refractivity contribution in [1.82, 2.24) is 10.2 Å². The monoisotopic (exact) mass is 226 g/mol. The number of hydrogen-bond donors (Lipinski definition) is 2. The molecule has 5 nitrogen and oxygen atoms in total. The Morgan fingerprint density at radius 1 is 1.38 bits per heavy atom. The molecule has 0 aromatic heterocycles. The van der Waals surface area contributed by atoms with Crippen LogP contribution in [0.25, 0.3) is 0 Å². The van der Waals surface area contributed by atoms with Gasteiger partial charge in [0.25, 0.3) is 0 Å². The van der Waals surface area contributed by atoms with Gasteiger partial charge in [-0.25, -0.2) is 0 Å². The predicted molar refractivity (Wildman–Crippen MR) is 57.9 cm³/mol. The van der Waals surface area contributed by atoms with E-state index < -0.39 is 5.97 Å². The fourth-order valence-electron chi connectivity index (χ4n) is 2.27. The lowest BCUT2D eigenvalue weighted by Crippen LogP contribution is -2.43. The SMILES string of the molecule is C[C@@H]1CNC[C@H]1C(=O)N(CC(=O)O)C1CC1. The number of nitrogens with one attached hydrogen (secondary N) is 1. The molecule has 90 valence electrons. The van der Waals surface area contributed by atoms with Crippen molar-refractivity contribution in [2.45, 2.75) is 25.8 Å². The molecule has 0 radical (unpaired) electrons. The van der Waals surface area contributed by atoms with Gasteiger partial charge in [-0.05, 0) is 25.3 Å². The molecule has 0 spiro atoms. The highest BCUT2D eigenvalue weighted by atomic mass is 16.4. The van der Waals surface area contributed by atoms with Crippen molar-refractivity contribution >= 4 is 11.9 Å². The molecule has 1 heterocycles. The van der Waals surface area contributed by atoms with Crippen LogP contribution >= 0.6 is 0 Å². The lowest BCUT2D eigenvalue weighted by atomic mass is 9.96. The van der Waals surface area contributed by atoms with Gasteiger partial charge in [0.15, 0.2) is 0 Å². The highest BCUT2D eigenvalue weighted by molar-refractivity contribution is 5.84. The predicted octanol–water partition coefficient (Wildman–Crippen LogP) is -0.0825. The molecule has 5 heteroatoms. The zero-order valence-electron chi connectivity index (χ0n) is 9.48. The van der Waals surface area contributed by atoms with E-state index in [9.17, 15) is 9.59 Å². The summed E-state index contributed by atoms with van der Waals surface area (Å²) in [6, 6.07) is 0.177. The Morgan fingerprint density at radius 2 is 2.06 bits per heavy atom. The molecule has 0 bridgehead atoms. The van der Waals surface area contributed by atoms with Crippen LogP contribution < -0.4 is 5.32 Å². The molecule has 1 aliphatic heterocycles. The smallest absolute Gasteiger partial charge is 0.323 e. The average Bonchev–Trinajstić information content (AvgIpc) is 2.97. The van der Waals surface area contributed by atoms with Crippen LogP contribution in [0.4, 0.5) is 0 Å². The zero-order chi connectivity index (χ0) is 11.7. The Labute approximate surface area is 94.8 Å². The van der Waals surface area contributed by atoms with Gasteiger partial charge in [0.1, 0.15) is 6.54 Å². The third-order valence-electron chi connectivity index (χ3n) is 3.41. The van der Waals surface area contributed by atoms with E-state index in [2.05, 4.69) is 5.32 Å². The van der Waals surface area contributed by atoms with Crippen molar-refractivity contribution in [2.24, 2.45) is 11.8 Å². The Morgan fingerprint density at radius 3 is 2.50 bits per heavy atom. The largest absolute Gasteiger partial charge is 0.480 e. The number of carbonyl (C=O) groups is 2. The summed E-state index contributed by atoms with van der Waals surface area (Å²) in [5.41, 5.74) is 0. The molecule has 0 unspecified atom stereocenters. The van der Waals surface area contributed by atoms with Crippen molar-refractivity contribution in [3.05, 3.63) is 0 Å². The lowest BCUT2D eigenvalue weighted by Gasteiger charge is -2.25. The fraction of sp³-hybridized carbons (Fsp3) is 0.818. The summed E-state index contributed by atoms with van der Waals surface area (Å²) in [6.07, 6.45) is 1.90. The second kappa shape index (κ2) is 4.41. The van der Waals surface area contributed by atoms with Gasteiger partial charge in [0, 0.05) is 12.6 Å². The first-order valence-electron chi connectivity index (χ1n) is 5.82. The van der Waals surface area contributed by atoms with Gasteiger partial charge in [0.2, 0.25) is 5.91 Å². The molecule has 1 saturated carbocycles. The highest BCUT2D eigenvalue weighted by Crippen LogP contribution is 2.30. The summed E-state index contributed by atoms with van der Waals surface area (Å²) in [5, 5.41) is 12.0. The highest BCUT2D eigenvalue weighted by Gasteiger charge is 2.39. The van der Waals surface area contributed by atoms with Crippen LogP contribution in [0, 0.1) is 11.8 Å². The third kappa shape index (κ3) is 2.35. The van der Waals surface area contributed by atoms with Crippen LogP contribution in [-0.2, 0) is 9.59 Å². The van der Waals surface area contributed by atoms with Crippen LogP contribution in [-0.4, -0.2) is 47.6 Å². The van der Waals surface area contributed by atoms with E-state index in [-0.39, 0.29) is 24.4 Å². The van der Waals surface area contributed by atoms with Gasteiger partial charge >= 0.3 is 5.97 Å². The summed E-state index contributed by atoms with van der Waals surface area (Å²) >= 11 is 0. The van der Waals surface area contributed by atoms with E-state index in [0.29, 0.717) is 12.5 Å². The average molecular weight is 226 g/mol. The summed E-state index contributed by atoms with van der Waals surface area (Å²) in [6.45, 7) is 3.42. The number of amides is 1. The summed E-state index contributed by atoms with van der Waals surface area (Å²) in [4.78, 5) is 24.5. The van der Waals surface area contributed by atoms with Crippen LogP contribution in [0.1, 0.15) is 19.8 Å². The molecule has 1 saturated heterocycles. The van der Waals surface area contributed by atoms with Gasteiger partial charge in [-0.15, -0.1) is 0 Å². The number of nitrogens with zero attached hydrogens (tertiary/aromatic N) is 1. The Hall–Kier alpha value is -1.10. The van der Waals surface area contributed by atoms with Crippen molar-refractivity contribution in [1.29, 1.82) is 0 Å². The first-order valence-corrected chi connectivity index (χ1v) is 5.82. The van der Waals surface area contributed by atoms with Crippen LogP contribution in [0.15, 0.2) is 0 Å². The molecular weight excluding hydrogens is 208 g/mol. The number of carboxylic acids is 1. The minimum atomic E-state index is -0.918. The van der Waals surface area contributed by atoms with E-state index in [1.54, 1.807) is 4.90 Å². The van der Waals surface area contributed by atoms with Crippen LogP contribution in [0.3, 0.4) is 0 Å². The standard InChI is InChI=1S/C11H18N2O3/c1-7-4-12-5-9(7)11(16)13(6-10(14)15)8-2-3-8/h7-9,12H,2-6H2,1H3,(H,14,15)/t7-,9-/m1/s1. The van der Waals surface area contributed by atoms with Crippen molar-refractivity contribution < 1.29 is 14.7 Å². The molecule has 1 aliphatic carbocycles. The first-order chi connectivity index (χ1) is 7.59. The lowest BCUT2D eigenvalue weighted by molar-refractivity contribution is -0.147. The fourth-order valence-corrected chi connectivity index (χ4v) is 2.27. The molecular formula is C11H18N2O3. The second-order valence-electron chi connectivity index (χ2n) is 4.83. The zero-order valence-corrected chi connectivity index (χ0v) is 9.48. The van der Waals surface area contributed by atoms with E-state index in [1.165, 1.54) is 0 Å². The maximum atomic E-state index is 12.2. The summed E-state index contributed by atoms with van der Waals surface area (Å²) in [7, 11) is 0. The Kier molecular flexibility index (Phi) is 3.14. The van der Waals surface area contributed by atoms with Gasteiger partial charge in [-0.1, -0.05) is 6.92 Å². The molecule has 2 fully saturated rings.